The van der Waals surface area contributed by atoms with E-state index in [0.29, 0.717) is 31.0 Å². The van der Waals surface area contributed by atoms with Crippen LogP contribution in [0.3, 0.4) is 0 Å². The lowest BCUT2D eigenvalue weighted by Gasteiger charge is -2.47. The fourth-order valence-electron chi connectivity index (χ4n) is 3.36. The number of carbonyl (C=O) groups is 2. The molecule has 9 heteroatoms. The first-order valence-electron chi connectivity index (χ1n) is 9.57. The highest BCUT2D eigenvalue weighted by Crippen LogP contribution is 2.29. The molecule has 1 saturated heterocycles. The van der Waals surface area contributed by atoms with E-state index >= 15 is 0 Å². The summed E-state index contributed by atoms with van der Waals surface area (Å²) < 4.78 is 18.1. The minimum Gasteiger partial charge on any atom is -0.395 e. The predicted octanol–water partition coefficient (Wildman–Crippen LogP) is 1.16. The minimum atomic E-state index is -0.779. The third-order valence-corrected chi connectivity index (χ3v) is 5.19. The number of unbranched alkanes of at least 4 members (excludes halogenated alkanes) is 2. The summed E-state index contributed by atoms with van der Waals surface area (Å²) in [6, 6.07) is 7.27. The van der Waals surface area contributed by atoms with Crippen molar-refractivity contribution in [2.75, 3.05) is 32.8 Å². The third-order valence-electron chi connectivity index (χ3n) is 5.19. The molecule has 0 atom stereocenters. The molecule has 1 fully saturated rings. The molecule has 0 saturated carbocycles. The number of aliphatic hydroxyl groups excluding tert-OH is 1. The van der Waals surface area contributed by atoms with E-state index < -0.39 is 11.3 Å². The molecule has 29 heavy (non-hydrogen) atoms. The van der Waals surface area contributed by atoms with Crippen molar-refractivity contribution in [3.63, 3.8) is 0 Å². The van der Waals surface area contributed by atoms with Crippen molar-refractivity contribution in [3.05, 3.63) is 41.8 Å². The fraction of sp³-hybridized carbons (Fsp3) is 0.450. The van der Waals surface area contributed by atoms with Gasteiger partial charge in [-0.3, -0.25) is 9.59 Å². The number of hydrogen-bond donors (Lipinski definition) is 3. The Morgan fingerprint density at radius 3 is 2.62 bits per heavy atom. The van der Waals surface area contributed by atoms with E-state index in [9.17, 15) is 19.1 Å². The van der Waals surface area contributed by atoms with Crippen molar-refractivity contribution in [3.8, 4) is 11.3 Å². The standard InChI is InChI=1S/C20H25FN4O4/c21-15-6-4-14(5-7-15)17-10-16(24-29-17)18(27)23-8-2-1-3-9-25-11-20(12-25,13-26)19(22)28/h4-7,10,26H,1-3,8-9,11-13H2,(H2,22,28)(H,23,27). The third kappa shape index (κ3) is 4.99. The molecule has 0 bridgehead atoms. The molecule has 0 radical (unpaired) electrons. The van der Waals surface area contributed by atoms with Gasteiger partial charge in [0.2, 0.25) is 5.91 Å². The zero-order valence-electron chi connectivity index (χ0n) is 16.1. The van der Waals surface area contributed by atoms with Crippen molar-refractivity contribution in [2.24, 2.45) is 11.1 Å². The van der Waals surface area contributed by atoms with Gasteiger partial charge in [-0.25, -0.2) is 4.39 Å². The van der Waals surface area contributed by atoms with Crippen LogP contribution >= 0.6 is 0 Å². The highest BCUT2D eigenvalue weighted by molar-refractivity contribution is 5.93. The normalized spacial score (nSPS) is 15.7. The summed E-state index contributed by atoms with van der Waals surface area (Å²) in [5, 5.41) is 15.9. The lowest BCUT2D eigenvalue weighted by atomic mass is 9.79. The number of aromatic nitrogens is 1. The maximum Gasteiger partial charge on any atom is 0.273 e. The summed E-state index contributed by atoms with van der Waals surface area (Å²) in [5.41, 5.74) is 5.37. The second kappa shape index (κ2) is 9.15. The van der Waals surface area contributed by atoms with Gasteiger partial charge in [0.15, 0.2) is 11.5 Å². The lowest BCUT2D eigenvalue weighted by Crippen LogP contribution is -2.64. The van der Waals surface area contributed by atoms with E-state index in [1.165, 1.54) is 18.2 Å². The zero-order chi connectivity index (χ0) is 20.9. The van der Waals surface area contributed by atoms with Crippen LogP contribution in [0.5, 0.6) is 0 Å². The topological polar surface area (TPSA) is 122 Å². The number of primary amides is 1. The number of benzene rings is 1. The summed E-state index contributed by atoms with van der Waals surface area (Å²) in [4.78, 5) is 25.6. The number of rotatable bonds is 10. The number of amides is 2. The number of hydrogen-bond acceptors (Lipinski definition) is 6. The summed E-state index contributed by atoms with van der Waals surface area (Å²) in [6.07, 6.45) is 2.65. The highest BCUT2D eigenvalue weighted by Gasteiger charge is 2.47. The number of nitrogens with one attached hydrogen (secondary N) is 1. The molecular weight excluding hydrogens is 379 g/mol. The molecule has 4 N–H and O–H groups in total. The lowest BCUT2D eigenvalue weighted by molar-refractivity contribution is -0.143. The number of likely N-dealkylation sites (tertiary alicyclic amines) is 1. The zero-order valence-corrected chi connectivity index (χ0v) is 16.1. The second-order valence-corrected chi connectivity index (χ2v) is 7.41. The highest BCUT2D eigenvalue weighted by atomic mass is 19.1. The summed E-state index contributed by atoms with van der Waals surface area (Å²) >= 11 is 0. The Morgan fingerprint density at radius 1 is 1.24 bits per heavy atom. The van der Waals surface area contributed by atoms with Crippen LogP contribution in [0.15, 0.2) is 34.9 Å². The first kappa shape index (κ1) is 20.9. The molecule has 0 aliphatic carbocycles. The molecule has 1 aliphatic heterocycles. The van der Waals surface area contributed by atoms with Crippen LogP contribution in [-0.2, 0) is 4.79 Å². The monoisotopic (exact) mass is 404 g/mol. The molecule has 2 heterocycles. The van der Waals surface area contributed by atoms with Crippen molar-refractivity contribution in [1.29, 1.82) is 0 Å². The van der Waals surface area contributed by atoms with Crippen LogP contribution < -0.4 is 11.1 Å². The van der Waals surface area contributed by atoms with Gasteiger partial charge in [-0.2, -0.15) is 0 Å². The molecule has 2 aromatic rings. The van der Waals surface area contributed by atoms with Gasteiger partial charge in [0, 0.05) is 31.3 Å². The Bertz CT molecular complexity index is 846. The Kier molecular flexibility index (Phi) is 6.60. The molecule has 3 rings (SSSR count). The average molecular weight is 404 g/mol. The quantitative estimate of drug-likeness (QED) is 0.511. The van der Waals surface area contributed by atoms with Crippen molar-refractivity contribution in [2.45, 2.75) is 19.3 Å². The van der Waals surface area contributed by atoms with Crippen LogP contribution in [0.4, 0.5) is 4.39 Å². The Morgan fingerprint density at radius 2 is 1.97 bits per heavy atom. The van der Waals surface area contributed by atoms with E-state index in [1.54, 1.807) is 12.1 Å². The number of nitrogens with two attached hydrogens (primary N) is 1. The van der Waals surface area contributed by atoms with Crippen LogP contribution in [0.2, 0.25) is 0 Å². The van der Waals surface area contributed by atoms with Gasteiger partial charge in [-0.15, -0.1) is 0 Å². The van der Waals surface area contributed by atoms with E-state index in [-0.39, 0.29) is 24.0 Å². The minimum absolute atomic E-state index is 0.177. The van der Waals surface area contributed by atoms with Gasteiger partial charge in [0.1, 0.15) is 5.82 Å². The molecule has 1 aromatic carbocycles. The molecular formula is C20H25FN4O4. The van der Waals surface area contributed by atoms with E-state index in [4.69, 9.17) is 10.3 Å². The van der Waals surface area contributed by atoms with Gasteiger partial charge in [0.05, 0.1) is 12.0 Å². The number of halogens is 1. The number of carbonyl (C=O) groups excluding carboxylic acids is 2. The summed E-state index contributed by atoms with van der Waals surface area (Å²) in [6.45, 7) is 2.12. The largest absolute Gasteiger partial charge is 0.395 e. The van der Waals surface area contributed by atoms with Gasteiger partial charge in [-0.1, -0.05) is 11.6 Å². The van der Waals surface area contributed by atoms with Gasteiger partial charge in [0.25, 0.3) is 5.91 Å². The fourth-order valence-corrected chi connectivity index (χ4v) is 3.36. The van der Waals surface area contributed by atoms with Gasteiger partial charge < -0.3 is 25.6 Å². The summed E-state index contributed by atoms with van der Waals surface area (Å²) in [5.74, 6) is -0.714. The molecule has 2 amide bonds. The Labute approximate surface area is 167 Å². The average Bonchev–Trinajstić information content (AvgIpc) is 3.16. The van der Waals surface area contributed by atoms with Gasteiger partial charge in [-0.05, 0) is 43.7 Å². The second-order valence-electron chi connectivity index (χ2n) is 7.41. The van der Waals surface area contributed by atoms with Crippen LogP contribution in [0.25, 0.3) is 11.3 Å². The van der Waals surface area contributed by atoms with E-state index in [2.05, 4.69) is 15.4 Å². The van der Waals surface area contributed by atoms with E-state index in [0.717, 1.165) is 25.8 Å². The first-order valence-corrected chi connectivity index (χ1v) is 9.57. The molecule has 1 aromatic heterocycles. The van der Waals surface area contributed by atoms with Crippen molar-refractivity contribution < 1.29 is 23.6 Å². The predicted molar refractivity (Wildman–Crippen MR) is 103 cm³/mol. The summed E-state index contributed by atoms with van der Waals surface area (Å²) in [7, 11) is 0. The Balaban J connectivity index is 1.32. The maximum atomic E-state index is 13.0. The van der Waals surface area contributed by atoms with Gasteiger partial charge >= 0.3 is 0 Å². The molecule has 1 aliphatic rings. The van der Waals surface area contributed by atoms with Crippen LogP contribution in [0.1, 0.15) is 29.8 Å². The Hall–Kier alpha value is -2.78. The van der Waals surface area contributed by atoms with Crippen molar-refractivity contribution in [1.82, 2.24) is 15.4 Å². The molecule has 0 unspecified atom stereocenters. The molecule has 8 nitrogen and oxygen atoms in total. The van der Waals surface area contributed by atoms with Crippen LogP contribution in [-0.4, -0.2) is 59.8 Å². The smallest absolute Gasteiger partial charge is 0.273 e. The van der Waals surface area contributed by atoms with E-state index in [1.807, 2.05) is 0 Å². The number of nitrogens with zero attached hydrogens (tertiary/aromatic N) is 2. The number of aliphatic hydroxyl groups is 1. The van der Waals surface area contributed by atoms with Crippen molar-refractivity contribution >= 4 is 11.8 Å². The van der Waals surface area contributed by atoms with Crippen LogP contribution in [0, 0.1) is 11.2 Å². The SMILES string of the molecule is NC(=O)C1(CO)CN(CCCCCNC(=O)c2cc(-c3ccc(F)cc3)on2)C1. The maximum absolute atomic E-state index is 13.0. The molecule has 156 valence electrons. The first-order chi connectivity index (χ1) is 13.9. The molecule has 0 spiro atoms.